The minimum atomic E-state index is -3.45. The zero-order valence-electron chi connectivity index (χ0n) is 14.5. The number of piperazine rings is 1. The van der Waals surface area contributed by atoms with Crippen LogP contribution in [0.25, 0.3) is 0 Å². The van der Waals surface area contributed by atoms with Crippen molar-refractivity contribution in [3.8, 4) is 0 Å². The molecule has 6 nitrogen and oxygen atoms in total. The Morgan fingerprint density at radius 1 is 1.12 bits per heavy atom. The van der Waals surface area contributed by atoms with Crippen molar-refractivity contribution in [2.45, 2.75) is 31.8 Å². The summed E-state index contributed by atoms with van der Waals surface area (Å²) >= 11 is 5.85. The first kappa shape index (κ1) is 18.4. The van der Waals surface area contributed by atoms with E-state index in [0.717, 1.165) is 13.1 Å². The Bertz CT molecular complexity index is 825. The number of aryl methyl sites for hydroxylation is 1. The quantitative estimate of drug-likeness (QED) is 0.796. The van der Waals surface area contributed by atoms with Gasteiger partial charge in [0.1, 0.15) is 0 Å². The van der Waals surface area contributed by atoms with Crippen molar-refractivity contribution >= 4 is 21.6 Å². The normalized spacial score (nSPS) is 17.1. The van der Waals surface area contributed by atoms with Crippen molar-refractivity contribution in [1.29, 1.82) is 0 Å². The largest absolute Gasteiger partial charge is 0.296 e. The summed E-state index contributed by atoms with van der Waals surface area (Å²) < 4.78 is 29.0. The van der Waals surface area contributed by atoms with Gasteiger partial charge in [-0.15, -0.1) is 0 Å². The first-order valence-electron chi connectivity index (χ1n) is 8.41. The van der Waals surface area contributed by atoms with E-state index >= 15 is 0 Å². The molecule has 0 spiro atoms. The molecule has 1 aliphatic rings. The van der Waals surface area contributed by atoms with Crippen LogP contribution in [0.5, 0.6) is 0 Å². The summed E-state index contributed by atoms with van der Waals surface area (Å²) in [6.07, 6.45) is 1.91. The molecule has 2 aromatic rings. The van der Waals surface area contributed by atoms with Gasteiger partial charge in [0.2, 0.25) is 10.0 Å². The number of benzene rings is 1. The molecule has 25 heavy (non-hydrogen) atoms. The minimum Gasteiger partial charge on any atom is -0.296 e. The molecule has 0 atom stereocenters. The number of aromatic nitrogens is 2. The molecule has 0 saturated carbocycles. The van der Waals surface area contributed by atoms with Gasteiger partial charge in [0, 0.05) is 55.5 Å². The maximum atomic E-state index is 12.7. The fourth-order valence-corrected chi connectivity index (χ4v) is 4.63. The van der Waals surface area contributed by atoms with E-state index in [1.807, 2.05) is 10.9 Å². The van der Waals surface area contributed by atoms with Crippen LogP contribution in [0.2, 0.25) is 5.02 Å². The van der Waals surface area contributed by atoms with E-state index in [-0.39, 0.29) is 0 Å². The SMILES string of the molecule is CCn1ncc(CN2CCN(S(=O)(=O)c3ccc(Cl)cc3)CC2)c1C. The van der Waals surface area contributed by atoms with Crippen molar-refractivity contribution < 1.29 is 8.42 Å². The Balaban J connectivity index is 1.63. The van der Waals surface area contributed by atoms with Crippen LogP contribution in [0.4, 0.5) is 0 Å². The van der Waals surface area contributed by atoms with E-state index in [9.17, 15) is 8.42 Å². The third-order valence-corrected chi connectivity index (χ3v) is 6.85. The van der Waals surface area contributed by atoms with Gasteiger partial charge in [-0.05, 0) is 38.1 Å². The van der Waals surface area contributed by atoms with Crippen molar-refractivity contribution in [1.82, 2.24) is 19.0 Å². The molecule has 136 valence electrons. The van der Waals surface area contributed by atoms with Crippen LogP contribution in [-0.4, -0.2) is 53.6 Å². The molecule has 8 heteroatoms. The fourth-order valence-electron chi connectivity index (χ4n) is 3.08. The Labute approximate surface area is 154 Å². The predicted octanol–water partition coefficient (Wildman–Crippen LogP) is 2.37. The van der Waals surface area contributed by atoms with Crippen molar-refractivity contribution in [3.05, 3.63) is 46.7 Å². The van der Waals surface area contributed by atoms with Crippen LogP contribution < -0.4 is 0 Å². The summed E-state index contributed by atoms with van der Waals surface area (Å²) in [5.74, 6) is 0. The molecular weight excluding hydrogens is 360 g/mol. The molecule has 1 saturated heterocycles. The lowest BCUT2D eigenvalue weighted by Gasteiger charge is -2.33. The number of hydrogen-bond acceptors (Lipinski definition) is 4. The fraction of sp³-hybridized carbons (Fsp3) is 0.471. The number of nitrogens with zero attached hydrogens (tertiary/aromatic N) is 4. The van der Waals surface area contributed by atoms with E-state index in [1.165, 1.54) is 11.3 Å². The minimum absolute atomic E-state index is 0.297. The Morgan fingerprint density at radius 2 is 1.76 bits per heavy atom. The number of halogens is 1. The second-order valence-electron chi connectivity index (χ2n) is 6.21. The molecule has 3 rings (SSSR count). The second-order valence-corrected chi connectivity index (χ2v) is 8.58. The van der Waals surface area contributed by atoms with E-state index in [4.69, 9.17) is 11.6 Å². The lowest BCUT2D eigenvalue weighted by molar-refractivity contribution is 0.181. The Kier molecular flexibility index (Phi) is 5.48. The molecule has 2 heterocycles. The second kappa shape index (κ2) is 7.45. The summed E-state index contributed by atoms with van der Waals surface area (Å²) in [6.45, 7) is 8.22. The maximum absolute atomic E-state index is 12.7. The lowest BCUT2D eigenvalue weighted by Crippen LogP contribution is -2.48. The molecule has 1 fully saturated rings. The van der Waals surface area contributed by atoms with Crippen LogP contribution >= 0.6 is 11.6 Å². The van der Waals surface area contributed by atoms with Gasteiger partial charge in [0.25, 0.3) is 0 Å². The van der Waals surface area contributed by atoms with Gasteiger partial charge in [-0.2, -0.15) is 9.40 Å². The monoisotopic (exact) mass is 382 g/mol. The van der Waals surface area contributed by atoms with Gasteiger partial charge in [0.15, 0.2) is 0 Å². The number of sulfonamides is 1. The molecule has 1 aromatic carbocycles. The van der Waals surface area contributed by atoms with Crippen LogP contribution in [0, 0.1) is 6.92 Å². The summed E-state index contributed by atoms with van der Waals surface area (Å²) in [7, 11) is -3.45. The summed E-state index contributed by atoms with van der Waals surface area (Å²) in [5.41, 5.74) is 2.38. The van der Waals surface area contributed by atoms with Gasteiger partial charge < -0.3 is 0 Å². The Hall–Kier alpha value is -1.41. The highest BCUT2D eigenvalue weighted by Gasteiger charge is 2.28. The van der Waals surface area contributed by atoms with Crippen molar-refractivity contribution in [2.75, 3.05) is 26.2 Å². The van der Waals surface area contributed by atoms with Crippen LogP contribution in [0.1, 0.15) is 18.2 Å². The molecule has 0 unspecified atom stereocenters. The van der Waals surface area contributed by atoms with Gasteiger partial charge in [-0.1, -0.05) is 11.6 Å². The third-order valence-electron chi connectivity index (χ3n) is 4.68. The van der Waals surface area contributed by atoms with Crippen LogP contribution in [0.15, 0.2) is 35.4 Å². The molecule has 0 amide bonds. The highest BCUT2D eigenvalue weighted by molar-refractivity contribution is 7.89. The summed E-state index contributed by atoms with van der Waals surface area (Å²) in [6, 6.07) is 6.34. The van der Waals surface area contributed by atoms with E-state index in [2.05, 4.69) is 23.8 Å². The van der Waals surface area contributed by atoms with Gasteiger partial charge in [-0.3, -0.25) is 9.58 Å². The van der Waals surface area contributed by atoms with Crippen LogP contribution in [0.3, 0.4) is 0 Å². The average Bonchev–Trinajstić information content (AvgIpc) is 2.96. The number of rotatable bonds is 5. The average molecular weight is 383 g/mol. The molecular formula is C17H23ClN4O2S. The summed E-state index contributed by atoms with van der Waals surface area (Å²) in [5, 5.41) is 4.91. The topological polar surface area (TPSA) is 58.4 Å². The third kappa shape index (κ3) is 3.89. The zero-order chi connectivity index (χ0) is 18.0. The maximum Gasteiger partial charge on any atom is 0.243 e. The lowest BCUT2D eigenvalue weighted by atomic mass is 10.2. The Morgan fingerprint density at radius 3 is 2.32 bits per heavy atom. The molecule has 0 aliphatic carbocycles. The highest BCUT2D eigenvalue weighted by atomic mass is 35.5. The van der Waals surface area contributed by atoms with Gasteiger partial charge in [0.05, 0.1) is 11.1 Å². The molecule has 0 radical (unpaired) electrons. The first-order chi connectivity index (χ1) is 11.9. The molecule has 0 N–H and O–H groups in total. The predicted molar refractivity (Wildman–Crippen MR) is 98.1 cm³/mol. The molecule has 1 aromatic heterocycles. The summed E-state index contributed by atoms with van der Waals surface area (Å²) in [4.78, 5) is 2.57. The van der Waals surface area contributed by atoms with Crippen molar-refractivity contribution in [3.63, 3.8) is 0 Å². The van der Waals surface area contributed by atoms with Crippen molar-refractivity contribution in [2.24, 2.45) is 0 Å². The highest BCUT2D eigenvalue weighted by Crippen LogP contribution is 2.20. The van der Waals surface area contributed by atoms with Gasteiger partial charge in [-0.25, -0.2) is 8.42 Å². The van der Waals surface area contributed by atoms with Crippen LogP contribution in [-0.2, 0) is 23.1 Å². The van der Waals surface area contributed by atoms with E-state index in [1.54, 1.807) is 28.6 Å². The smallest absolute Gasteiger partial charge is 0.243 e. The zero-order valence-corrected chi connectivity index (χ0v) is 16.1. The van der Waals surface area contributed by atoms with Gasteiger partial charge >= 0.3 is 0 Å². The molecule has 1 aliphatic heterocycles. The standard InChI is InChI=1S/C17H23ClN4O2S/c1-3-22-14(2)15(12-19-22)13-20-8-10-21(11-9-20)25(23,24)17-6-4-16(18)5-7-17/h4-7,12H,3,8-11,13H2,1-2H3. The molecule has 0 bridgehead atoms. The number of hydrogen-bond donors (Lipinski definition) is 0. The first-order valence-corrected chi connectivity index (χ1v) is 10.2. The van der Waals surface area contributed by atoms with E-state index in [0.29, 0.717) is 36.1 Å². The van der Waals surface area contributed by atoms with E-state index < -0.39 is 10.0 Å².